The molecule has 1 aliphatic heterocycles. The molecule has 1 aromatic rings. The van der Waals surface area contributed by atoms with Crippen molar-refractivity contribution in [3.8, 4) is 11.6 Å². The van der Waals surface area contributed by atoms with Crippen LogP contribution in [0.4, 0.5) is 0 Å². The van der Waals surface area contributed by atoms with Gasteiger partial charge in [0.05, 0.1) is 13.3 Å². The predicted octanol–water partition coefficient (Wildman–Crippen LogP) is 1.22. The number of hydrogen-bond acceptors (Lipinski definition) is 4. The molecule has 1 N–H and O–H groups in total. The average molecular weight is 208 g/mol. The minimum absolute atomic E-state index is 0.321. The molecule has 0 aliphatic carbocycles. The summed E-state index contributed by atoms with van der Waals surface area (Å²) >= 11 is 0. The standard InChI is InChI=1S/C11H16N2O2/c1-14-11-3-2-10(8-13-11)15-9-4-6-12-7-5-9/h2-3,8-9,12H,4-7H2,1H3. The normalized spacial score (nSPS) is 17.4. The summed E-state index contributed by atoms with van der Waals surface area (Å²) in [6.07, 6.45) is 4.15. The molecule has 1 saturated heterocycles. The Bertz CT molecular complexity index is 294. The van der Waals surface area contributed by atoms with Crippen molar-refractivity contribution in [2.24, 2.45) is 0 Å². The minimum Gasteiger partial charge on any atom is -0.489 e. The number of rotatable bonds is 3. The number of pyridine rings is 1. The minimum atomic E-state index is 0.321. The maximum absolute atomic E-state index is 5.80. The highest BCUT2D eigenvalue weighted by Gasteiger charge is 2.14. The van der Waals surface area contributed by atoms with Gasteiger partial charge in [0.1, 0.15) is 11.9 Å². The van der Waals surface area contributed by atoms with E-state index < -0.39 is 0 Å². The van der Waals surface area contributed by atoms with Crippen LogP contribution in [-0.4, -0.2) is 31.3 Å². The van der Waals surface area contributed by atoms with Gasteiger partial charge in [-0.1, -0.05) is 0 Å². The third-order valence-electron chi connectivity index (χ3n) is 2.51. The first kappa shape index (κ1) is 10.2. The number of aromatic nitrogens is 1. The maximum Gasteiger partial charge on any atom is 0.213 e. The van der Waals surface area contributed by atoms with Crippen LogP contribution in [0.3, 0.4) is 0 Å². The van der Waals surface area contributed by atoms with Crippen LogP contribution in [0.2, 0.25) is 0 Å². The van der Waals surface area contributed by atoms with Gasteiger partial charge in [0.25, 0.3) is 0 Å². The van der Waals surface area contributed by atoms with Crippen LogP contribution in [0.5, 0.6) is 11.6 Å². The Morgan fingerprint density at radius 1 is 1.33 bits per heavy atom. The second kappa shape index (κ2) is 4.98. The van der Waals surface area contributed by atoms with Crippen molar-refractivity contribution in [3.63, 3.8) is 0 Å². The zero-order valence-electron chi connectivity index (χ0n) is 8.90. The topological polar surface area (TPSA) is 43.4 Å². The van der Waals surface area contributed by atoms with Crippen LogP contribution in [0.15, 0.2) is 18.3 Å². The molecule has 1 fully saturated rings. The van der Waals surface area contributed by atoms with Gasteiger partial charge in [-0.15, -0.1) is 0 Å². The Balaban J connectivity index is 1.91. The fraction of sp³-hybridized carbons (Fsp3) is 0.545. The van der Waals surface area contributed by atoms with Gasteiger partial charge in [-0.2, -0.15) is 0 Å². The quantitative estimate of drug-likeness (QED) is 0.811. The smallest absolute Gasteiger partial charge is 0.213 e. The van der Waals surface area contributed by atoms with Crippen molar-refractivity contribution >= 4 is 0 Å². The van der Waals surface area contributed by atoms with Gasteiger partial charge >= 0.3 is 0 Å². The summed E-state index contributed by atoms with van der Waals surface area (Å²) in [6.45, 7) is 2.07. The number of nitrogens with zero attached hydrogens (tertiary/aromatic N) is 1. The van der Waals surface area contributed by atoms with Crippen LogP contribution in [-0.2, 0) is 0 Å². The van der Waals surface area contributed by atoms with Gasteiger partial charge in [0, 0.05) is 6.07 Å². The number of methoxy groups -OCH3 is 1. The molecule has 15 heavy (non-hydrogen) atoms. The summed E-state index contributed by atoms with van der Waals surface area (Å²) in [6, 6.07) is 3.71. The molecule has 0 bridgehead atoms. The fourth-order valence-corrected chi connectivity index (χ4v) is 1.66. The molecule has 4 nitrogen and oxygen atoms in total. The molecule has 0 saturated carbocycles. The van der Waals surface area contributed by atoms with E-state index in [2.05, 4.69) is 10.3 Å². The number of piperidine rings is 1. The number of nitrogens with one attached hydrogen (secondary N) is 1. The van der Waals surface area contributed by atoms with Crippen molar-refractivity contribution in [2.75, 3.05) is 20.2 Å². The van der Waals surface area contributed by atoms with E-state index in [9.17, 15) is 0 Å². The zero-order chi connectivity index (χ0) is 10.5. The molecule has 82 valence electrons. The van der Waals surface area contributed by atoms with E-state index in [4.69, 9.17) is 9.47 Å². The van der Waals surface area contributed by atoms with Crippen LogP contribution in [0.25, 0.3) is 0 Å². The number of ether oxygens (including phenoxy) is 2. The van der Waals surface area contributed by atoms with Gasteiger partial charge in [0.15, 0.2) is 0 Å². The second-order valence-electron chi connectivity index (χ2n) is 3.60. The summed E-state index contributed by atoms with van der Waals surface area (Å²) in [5.74, 6) is 1.44. The van der Waals surface area contributed by atoms with E-state index in [0.717, 1.165) is 31.7 Å². The van der Waals surface area contributed by atoms with Gasteiger partial charge in [-0.05, 0) is 32.0 Å². The second-order valence-corrected chi connectivity index (χ2v) is 3.60. The largest absolute Gasteiger partial charge is 0.489 e. The molecule has 0 atom stereocenters. The molecule has 0 amide bonds. The highest BCUT2D eigenvalue weighted by Crippen LogP contribution is 2.17. The lowest BCUT2D eigenvalue weighted by atomic mass is 10.1. The summed E-state index contributed by atoms with van der Waals surface area (Å²) in [5, 5.41) is 3.30. The highest BCUT2D eigenvalue weighted by molar-refractivity contribution is 5.23. The SMILES string of the molecule is COc1ccc(OC2CCNCC2)cn1. The lowest BCUT2D eigenvalue weighted by molar-refractivity contribution is 0.161. The molecular weight excluding hydrogens is 192 g/mol. The van der Waals surface area contributed by atoms with Crippen molar-refractivity contribution in [1.82, 2.24) is 10.3 Å². The molecule has 2 rings (SSSR count). The lowest BCUT2D eigenvalue weighted by Gasteiger charge is -2.23. The third kappa shape index (κ3) is 2.83. The van der Waals surface area contributed by atoms with E-state index in [0.29, 0.717) is 12.0 Å². The summed E-state index contributed by atoms with van der Waals surface area (Å²) < 4.78 is 10.8. The molecule has 1 aromatic heterocycles. The van der Waals surface area contributed by atoms with Crippen molar-refractivity contribution in [1.29, 1.82) is 0 Å². The van der Waals surface area contributed by atoms with E-state index in [1.54, 1.807) is 13.3 Å². The molecule has 0 aromatic carbocycles. The molecule has 0 spiro atoms. The Labute approximate surface area is 89.6 Å². The summed E-state index contributed by atoms with van der Waals surface area (Å²) in [4.78, 5) is 4.10. The van der Waals surface area contributed by atoms with Gasteiger partial charge in [-0.3, -0.25) is 0 Å². The van der Waals surface area contributed by atoms with Crippen molar-refractivity contribution in [3.05, 3.63) is 18.3 Å². The number of hydrogen-bond donors (Lipinski definition) is 1. The first-order chi connectivity index (χ1) is 7.38. The van der Waals surface area contributed by atoms with Crippen LogP contribution in [0, 0.1) is 0 Å². The van der Waals surface area contributed by atoms with Gasteiger partial charge < -0.3 is 14.8 Å². The van der Waals surface area contributed by atoms with Crippen LogP contribution in [0.1, 0.15) is 12.8 Å². The predicted molar refractivity (Wildman–Crippen MR) is 57.3 cm³/mol. The van der Waals surface area contributed by atoms with Gasteiger partial charge in [-0.25, -0.2) is 4.98 Å². The maximum atomic E-state index is 5.80. The van der Waals surface area contributed by atoms with Crippen LogP contribution >= 0.6 is 0 Å². The Morgan fingerprint density at radius 2 is 2.13 bits per heavy atom. The van der Waals surface area contributed by atoms with E-state index >= 15 is 0 Å². The molecule has 4 heteroatoms. The van der Waals surface area contributed by atoms with E-state index in [-0.39, 0.29) is 0 Å². The molecule has 0 unspecified atom stereocenters. The monoisotopic (exact) mass is 208 g/mol. The zero-order valence-corrected chi connectivity index (χ0v) is 8.90. The van der Waals surface area contributed by atoms with Crippen molar-refractivity contribution in [2.45, 2.75) is 18.9 Å². The Morgan fingerprint density at radius 3 is 2.73 bits per heavy atom. The first-order valence-corrected chi connectivity index (χ1v) is 5.26. The van der Waals surface area contributed by atoms with E-state index in [1.807, 2.05) is 12.1 Å². The van der Waals surface area contributed by atoms with Crippen LogP contribution < -0.4 is 14.8 Å². The third-order valence-corrected chi connectivity index (χ3v) is 2.51. The Hall–Kier alpha value is -1.29. The Kier molecular flexibility index (Phi) is 3.40. The summed E-state index contributed by atoms with van der Waals surface area (Å²) in [5.41, 5.74) is 0. The molecule has 2 heterocycles. The lowest BCUT2D eigenvalue weighted by Crippen LogP contribution is -2.34. The molecule has 0 radical (unpaired) electrons. The van der Waals surface area contributed by atoms with E-state index in [1.165, 1.54) is 0 Å². The molecular formula is C11H16N2O2. The molecule has 1 aliphatic rings. The average Bonchev–Trinajstić information content (AvgIpc) is 2.31. The highest BCUT2D eigenvalue weighted by atomic mass is 16.5. The van der Waals surface area contributed by atoms with Gasteiger partial charge in [0.2, 0.25) is 5.88 Å². The van der Waals surface area contributed by atoms with Crippen molar-refractivity contribution < 1.29 is 9.47 Å². The fourth-order valence-electron chi connectivity index (χ4n) is 1.66. The first-order valence-electron chi connectivity index (χ1n) is 5.26. The summed E-state index contributed by atoms with van der Waals surface area (Å²) in [7, 11) is 1.61.